The minimum absolute atomic E-state index is 0.241. The number of amides is 1. The van der Waals surface area contributed by atoms with Crippen LogP contribution in [0.15, 0.2) is 36.4 Å². The monoisotopic (exact) mass is 385 g/mol. The molecule has 6 heteroatoms. The van der Waals surface area contributed by atoms with Gasteiger partial charge >= 0.3 is 0 Å². The highest BCUT2D eigenvalue weighted by Crippen LogP contribution is 2.31. The van der Waals surface area contributed by atoms with Crippen LogP contribution in [0.4, 0.5) is 0 Å². The number of hydrogen-bond donors (Lipinski definition) is 0. The summed E-state index contributed by atoms with van der Waals surface area (Å²) < 4.78 is 11.5. The molecule has 0 aliphatic carbocycles. The molecule has 3 heterocycles. The van der Waals surface area contributed by atoms with E-state index in [1.54, 1.807) is 0 Å². The first-order valence-electron chi connectivity index (χ1n) is 10.4. The Kier molecular flexibility index (Phi) is 6.42. The molecular weight excluding hydrogens is 354 g/mol. The lowest BCUT2D eigenvalue weighted by molar-refractivity contribution is -0.187. The molecule has 3 aliphatic heterocycles. The smallest absolute Gasteiger partial charge is 0.236 e. The van der Waals surface area contributed by atoms with Crippen molar-refractivity contribution < 1.29 is 14.3 Å². The van der Waals surface area contributed by atoms with E-state index < -0.39 is 5.79 Å². The first-order chi connectivity index (χ1) is 13.7. The van der Waals surface area contributed by atoms with Gasteiger partial charge in [0.2, 0.25) is 5.91 Å². The summed E-state index contributed by atoms with van der Waals surface area (Å²) in [5.41, 5.74) is 1.24. The predicted octanol–water partition coefficient (Wildman–Crippen LogP) is 1.68. The molecule has 3 saturated heterocycles. The maximum atomic E-state index is 12.7. The van der Waals surface area contributed by atoms with Crippen molar-refractivity contribution >= 4 is 12.0 Å². The molecule has 0 atom stereocenters. The van der Waals surface area contributed by atoms with E-state index in [4.69, 9.17) is 9.47 Å². The topological polar surface area (TPSA) is 45.3 Å². The van der Waals surface area contributed by atoms with Gasteiger partial charge in [-0.15, -0.1) is 0 Å². The number of hydrogen-bond acceptors (Lipinski definition) is 5. The summed E-state index contributed by atoms with van der Waals surface area (Å²) >= 11 is 0. The molecule has 0 aromatic heterocycles. The van der Waals surface area contributed by atoms with Crippen molar-refractivity contribution in [1.82, 2.24) is 14.7 Å². The third-order valence-electron chi connectivity index (χ3n) is 5.99. The van der Waals surface area contributed by atoms with Gasteiger partial charge in [0.25, 0.3) is 0 Å². The Hall–Kier alpha value is -1.73. The van der Waals surface area contributed by atoms with E-state index in [1.165, 1.54) is 5.56 Å². The Morgan fingerprint density at radius 1 is 0.929 bits per heavy atom. The van der Waals surface area contributed by atoms with Gasteiger partial charge in [0.05, 0.1) is 19.8 Å². The zero-order chi connectivity index (χ0) is 19.2. The van der Waals surface area contributed by atoms with Crippen LogP contribution in [0.25, 0.3) is 6.08 Å². The van der Waals surface area contributed by atoms with Crippen molar-refractivity contribution in [3.05, 3.63) is 42.0 Å². The van der Waals surface area contributed by atoms with Crippen molar-refractivity contribution in [3.63, 3.8) is 0 Å². The van der Waals surface area contributed by atoms with E-state index >= 15 is 0 Å². The number of rotatable bonds is 5. The number of piperazine rings is 1. The number of nitrogens with zero attached hydrogens (tertiary/aromatic N) is 3. The highest BCUT2D eigenvalue weighted by Gasteiger charge is 2.40. The van der Waals surface area contributed by atoms with Crippen LogP contribution in [-0.2, 0) is 14.3 Å². The maximum Gasteiger partial charge on any atom is 0.236 e. The van der Waals surface area contributed by atoms with Crippen molar-refractivity contribution in [2.24, 2.45) is 0 Å². The Labute approximate surface area is 167 Å². The Bertz CT molecular complexity index is 655. The van der Waals surface area contributed by atoms with Crippen molar-refractivity contribution in [3.8, 4) is 0 Å². The Morgan fingerprint density at radius 2 is 1.57 bits per heavy atom. The van der Waals surface area contributed by atoms with Gasteiger partial charge < -0.3 is 14.4 Å². The number of carbonyl (C=O) groups excluding carboxylic acids is 1. The number of piperidine rings is 1. The lowest BCUT2D eigenvalue weighted by atomic mass is 10.0. The molecule has 152 valence electrons. The van der Waals surface area contributed by atoms with E-state index in [9.17, 15) is 4.79 Å². The van der Waals surface area contributed by atoms with Crippen molar-refractivity contribution in [2.75, 3.05) is 65.6 Å². The molecule has 3 fully saturated rings. The quantitative estimate of drug-likeness (QED) is 0.772. The molecule has 0 saturated carbocycles. The fourth-order valence-electron chi connectivity index (χ4n) is 4.21. The SMILES string of the molecule is O=C(CN1CCN(C/C=C/c2ccccc2)CC1)N1CCC2(CC1)OCCO2. The van der Waals surface area contributed by atoms with E-state index in [-0.39, 0.29) is 5.91 Å². The van der Waals surface area contributed by atoms with Gasteiger partial charge in [0.1, 0.15) is 0 Å². The lowest BCUT2D eigenvalue weighted by Gasteiger charge is -2.39. The maximum absolute atomic E-state index is 12.7. The average molecular weight is 386 g/mol. The first-order valence-corrected chi connectivity index (χ1v) is 10.4. The van der Waals surface area contributed by atoms with Crippen LogP contribution < -0.4 is 0 Å². The zero-order valence-electron chi connectivity index (χ0n) is 16.6. The molecule has 28 heavy (non-hydrogen) atoms. The van der Waals surface area contributed by atoms with Gasteiger partial charge in [-0.05, 0) is 5.56 Å². The first kappa shape index (κ1) is 19.6. The van der Waals surface area contributed by atoms with Crippen molar-refractivity contribution in [1.29, 1.82) is 0 Å². The summed E-state index contributed by atoms with van der Waals surface area (Å²) in [6.45, 7) is 8.26. The van der Waals surface area contributed by atoms with Crippen LogP contribution in [0, 0.1) is 0 Å². The molecule has 1 aromatic carbocycles. The minimum Gasteiger partial charge on any atom is -0.347 e. The van der Waals surface area contributed by atoms with E-state index in [0.717, 1.165) is 58.7 Å². The molecule has 3 aliphatic rings. The molecule has 1 amide bonds. The lowest BCUT2D eigenvalue weighted by Crippen LogP contribution is -2.52. The Morgan fingerprint density at radius 3 is 2.25 bits per heavy atom. The summed E-state index contributed by atoms with van der Waals surface area (Å²) in [6.07, 6.45) is 5.99. The number of likely N-dealkylation sites (tertiary alicyclic amines) is 1. The third kappa shape index (κ3) is 5.00. The second kappa shape index (κ2) is 9.18. The molecule has 0 N–H and O–H groups in total. The summed E-state index contributed by atoms with van der Waals surface area (Å²) in [5, 5.41) is 0. The Balaban J connectivity index is 1.15. The minimum atomic E-state index is -0.407. The molecule has 0 radical (unpaired) electrons. The number of benzene rings is 1. The molecule has 1 aromatic rings. The van der Waals surface area contributed by atoms with E-state index in [1.807, 2.05) is 11.0 Å². The van der Waals surface area contributed by atoms with Gasteiger partial charge in [-0.25, -0.2) is 0 Å². The molecule has 4 rings (SSSR count). The van der Waals surface area contributed by atoms with Crippen LogP contribution in [-0.4, -0.2) is 92.0 Å². The normalized spacial score (nSPS) is 23.6. The largest absolute Gasteiger partial charge is 0.347 e. The second-order valence-electron chi connectivity index (χ2n) is 7.88. The zero-order valence-corrected chi connectivity index (χ0v) is 16.6. The molecule has 0 bridgehead atoms. The molecule has 6 nitrogen and oxygen atoms in total. The van der Waals surface area contributed by atoms with Gasteiger partial charge in [-0.1, -0.05) is 42.5 Å². The number of ether oxygens (including phenoxy) is 2. The average Bonchev–Trinajstić information content (AvgIpc) is 3.18. The molecular formula is C22H31N3O3. The number of carbonyl (C=O) groups is 1. The van der Waals surface area contributed by atoms with Crippen LogP contribution >= 0.6 is 0 Å². The predicted molar refractivity (Wildman–Crippen MR) is 109 cm³/mol. The standard InChI is InChI=1S/C22H31N3O3/c26-21(25-11-8-22(9-12-25)27-17-18-28-22)19-24-15-13-23(14-16-24)10-4-7-20-5-2-1-3-6-20/h1-7H,8-19H2/b7-4+. The summed E-state index contributed by atoms with van der Waals surface area (Å²) in [6, 6.07) is 10.4. The second-order valence-corrected chi connectivity index (χ2v) is 7.88. The van der Waals surface area contributed by atoms with E-state index in [2.05, 4.69) is 46.2 Å². The van der Waals surface area contributed by atoms with Gasteiger partial charge in [-0.2, -0.15) is 0 Å². The summed E-state index contributed by atoms with van der Waals surface area (Å²) in [4.78, 5) is 19.4. The van der Waals surface area contributed by atoms with Gasteiger partial charge in [-0.3, -0.25) is 14.6 Å². The summed E-state index contributed by atoms with van der Waals surface area (Å²) in [5.74, 6) is -0.166. The highest BCUT2D eigenvalue weighted by molar-refractivity contribution is 5.78. The highest BCUT2D eigenvalue weighted by atomic mass is 16.7. The van der Waals surface area contributed by atoms with Crippen LogP contribution in [0.3, 0.4) is 0 Å². The molecule has 0 unspecified atom stereocenters. The molecule has 1 spiro atoms. The van der Waals surface area contributed by atoms with E-state index in [0.29, 0.717) is 19.8 Å². The fraction of sp³-hybridized carbons (Fsp3) is 0.591. The van der Waals surface area contributed by atoms with Gasteiger partial charge in [0.15, 0.2) is 5.79 Å². The van der Waals surface area contributed by atoms with Crippen LogP contribution in [0.5, 0.6) is 0 Å². The van der Waals surface area contributed by atoms with Crippen LogP contribution in [0.1, 0.15) is 18.4 Å². The van der Waals surface area contributed by atoms with Crippen LogP contribution in [0.2, 0.25) is 0 Å². The van der Waals surface area contributed by atoms with Crippen molar-refractivity contribution in [2.45, 2.75) is 18.6 Å². The van der Waals surface area contributed by atoms with Gasteiger partial charge in [0, 0.05) is 58.7 Å². The third-order valence-corrected chi connectivity index (χ3v) is 5.99. The fourth-order valence-corrected chi connectivity index (χ4v) is 4.21. The summed E-state index contributed by atoms with van der Waals surface area (Å²) in [7, 11) is 0.